The summed E-state index contributed by atoms with van der Waals surface area (Å²) in [7, 11) is -1.23. The molecule has 8 rings (SSSR count). The van der Waals surface area contributed by atoms with Crippen molar-refractivity contribution in [3.8, 4) is 11.1 Å². The Bertz CT molecular complexity index is 2110. The standard InChI is InChI=1S/C17H13N3OS.C16H12N4S.H2O2/c21-22(13-4-2-1-3-5-13)14-8-15-16(12-6-7-18-9-12)11-20-17(15)19-10-14;1-2-4-12(5-3-1)21-13-6-14-15(11-7-19-20-8-11)10-18-16(14)17-9-13;1-2/h1-6,8-11H,7H2,(H,19,20);1-10H,(H,17,18)(H,19,20);1-2H. The van der Waals surface area contributed by atoms with Gasteiger partial charge in [0.2, 0.25) is 0 Å². The Balaban J connectivity index is 0.000000151. The van der Waals surface area contributed by atoms with Crippen molar-refractivity contribution in [3.63, 3.8) is 0 Å². The van der Waals surface area contributed by atoms with Gasteiger partial charge in [-0.05, 0) is 42.0 Å². The average molecular weight is 634 g/mol. The number of aromatic nitrogens is 6. The Morgan fingerprint density at radius 3 is 2.11 bits per heavy atom. The smallest absolute Gasteiger partial charge is 0.137 e. The number of nitrogens with one attached hydrogen (secondary N) is 3. The van der Waals surface area contributed by atoms with Gasteiger partial charge >= 0.3 is 0 Å². The largest absolute Gasteiger partial charge is 0.346 e. The van der Waals surface area contributed by atoms with Crippen molar-refractivity contribution in [1.82, 2.24) is 30.1 Å². The van der Waals surface area contributed by atoms with Crippen LogP contribution in [0.2, 0.25) is 0 Å². The van der Waals surface area contributed by atoms with E-state index in [1.165, 1.54) is 4.90 Å². The summed E-state index contributed by atoms with van der Waals surface area (Å²) in [4.78, 5) is 23.3. The highest BCUT2D eigenvalue weighted by Gasteiger charge is 2.14. The molecule has 12 heteroatoms. The van der Waals surface area contributed by atoms with Crippen LogP contribution in [0, 0.1) is 0 Å². The van der Waals surface area contributed by atoms with Crippen molar-refractivity contribution in [3.05, 3.63) is 122 Å². The monoisotopic (exact) mass is 633 g/mol. The van der Waals surface area contributed by atoms with Crippen LogP contribution in [0.5, 0.6) is 0 Å². The first-order chi connectivity index (χ1) is 22.2. The number of aliphatic imine (C=N–C) groups is 1. The average Bonchev–Trinajstić information content (AvgIpc) is 3.93. The van der Waals surface area contributed by atoms with Crippen molar-refractivity contribution < 1.29 is 14.7 Å². The quantitative estimate of drug-likeness (QED) is 0.0949. The van der Waals surface area contributed by atoms with Crippen LogP contribution in [0.25, 0.3) is 38.8 Å². The van der Waals surface area contributed by atoms with Crippen LogP contribution in [-0.2, 0) is 10.8 Å². The molecule has 0 bridgehead atoms. The van der Waals surface area contributed by atoms with E-state index in [0.717, 1.165) is 54.1 Å². The fourth-order valence-corrected chi connectivity index (χ4v) is 6.74. The second-order valence-electron chi connectivity index (χ2n) is 9.68. The number of fused-ring (bicyclic) bond motifs is 2. The summed E-state index contributed by atoms with van der Waals surface area (Å²) in [5.74, 6) is 0. The van der Waals surface area contributed by atoms with Crippen LogP contribution in [0.4, 0.5) is 0 Å². The molecule has 5 aromatic heterocycles. The normalized spacial score (nSPS) is 12.7. The minimum atomic E-state index is -1.23. The molecule has 1 aliphatic rings. The van der Waals surface area contributed by atoms with Crippen LogP contribution < -0.4 is 0 Å². The molecule has 2 aromatic carbocycles. The highest BCUT2D eigenvalue weighted by molar-refractivity contribution is 7.99. The van der Waals surface area contributed by atoms with Gasteiger partial charge in [-0.3, -0.25) is 20.6 Å². The molecule has 0 aliphatic carbocycles. The third-order valence-corrected chi connectivity index (χ3v) is 9.25. The van der Waals surface area contributed by atoms with Crippen molar-refractivity contribution in [1.29, 1.82) is 0 Å². The molecule has 0 saturated heterocycles. The first-order valence-electron chi connectivity index (χ1n) is 13.8. The highest BCUT2D eigenvalue weighted by atomic mass is 32.2. The van der Waals surface area contributed by atoms with E-state index in [4.69, 9.17) is 10.5 Å². The van der Waals surface area contributed by atoms with Gasteiger partial charge in [0.1, 0.15) is 11.3 Å². The topological polar surface area (TPSA) is 156 Å². The Morgan fingerprint density at radius 1 is 0.733 bits per heavy atom. The molecule has 5 N–H and O–H groups in total. The maximum absolute atomic E-state index is 12.7. The first kappa shape index (κ1) is 29.9. The number of benzene rings is 2. The molecule has 0 fully saturated rings. The summed E-state index contributed by atoms with van der Waals surface area (Å²) in [5, 5.41) is 20.9. The predicted molar refractivity (Wildman–Crippen MR) is 178 cm³/mol. The Hall–Kier alpha value is -5.14. The molecule has 0 amide bonds. The van der Waals surface area contributed by atoms with E-state index in [1.807, 2.05) is 91.8 Å². The van der Waals surface area contributed by atoms with Gasteiger partial charge in [-0.1, -0.05) is 54.2 Å². The van der Waals surface area contributed by atoms with Gasteiger partial charge < -0.3 is 9.97 Å². The van der Waals surface area contributed by atoms with Gasteiger partial charge in [-0.2, -0.15) is 5.10 Å². The van der Waals surface area contributed by atoms with Crippen LogP contribution >= 0.6 is 11.8 Å². The predicted octanol–water partition coefficient (Wildman–Crippen LogP) is 7.32. The van der Waals surface area contributed by atoms with Gasteiger partial charge in [0.05, 0.1) is 28.4 Å². The summed E-state index contributed by atoms with van der Waals surface area (Å²) < 4.78 is 12.7. The summed E-state index contributed by atoms with van der Waals surface area (Å²) in [6.45, 7) is 0.713. The number of aromatic amines is 3. The lowest BCUT2D eigenvalue weighted by atomic mass is 10.1. The van der Waals surface area contributed by atoms with E-state index in [-0.39, 0.29) is 0 Å². The number of H-pyrrole nitrogens is 3. The molecule has 0 spiro atoms. The van der Waals surface area contributed by atoms with Gasteiger partial charge in [0.15, 0.2) is 0 Å². The molecule has 45 heavy (non-hydrogen) atoms. The first-order valence-corrected chi connectivity index (χ1v) is 15.7. The summed E-state index contributed by atoms with van der Waals surface area (Å²) >= 11 is 1.71. The van der Waals surface area contributed by atoms with Crippen LogP contribution in [0.15, 0.2) is 141 Å². The summed E-state index contributed by atoms with van der Waals surface area (Å²) in [6, 6.07) is 23.8. The third kappa shape index (κ3) is 6.69. The van der Waals surface area contributed by atoms with Gasteiger partial charge in [0.25, 0.3) is 0 Å². The zero-order chi connectivity index (χ0) is 31.0. The number of hydrogen-bond donors (Lipinski definition) is 5. The molecule has 224 valence electrons. The Kier molecular flexibility index (Phi) is 9.37. The van der Waals surface area contributed by atoms with Crippen LogP contribution in [-0.4, -0.2) is 57.6 Å². The van der Waals surface area contributed by atoms with Crippen LogP contribution in [0.3, 0.4) is 0 Å². The van der Waals surface area contributed by atoms with Crippen molar-refractivity contribution in [2.75, 3.05) is 6.54 Å². The highest BCUT2D eigenvalue weighted by Crippen LogP contribution is 2.33. The number of rotatable bonds is 6. The zero-order valence-electron chi connectivity index (χ0n) is 23.7. The molecule has 7 aromatic rings. The lowest BCUT2D eigenvalue weighted by Gasteiger charge is -2.03. The summed E-state index contributed by atoms with van der Waals surface area (Å²) in [6.07, 6.45) is 15.1. The van der Waals surface area contributed by atoms with Crippen molar-refractivity contribution in [2.24, 2.45) is 4.99 Å². The molecule has 1 atom stereocenters. The lowest BCUT2D eigenvalue weighted by Crippen LogP contribution is -1.94. The SMILES string of the molecule is O=S(c1ccccc1)c1cnc2[nH]cc(C3=CCN=C3)c2c1.OO.c1ccc(Sc2cnc3[nH]cc(-c4cn[nH]c4)c3c2)cc1. The van der Waals surface area contributed by atoms with Gasteiger partial charge in [-0.25, -0.2) is 14.2 Å². The van der Waals surface area contributed by atoms with E-state index in [9.17, 15) is 4.21 Å². The van der Waals surface area contributed by atoms with Crippen molar-refractivity contribution in [2.45, 2.75) is 19.6 Å². The molecule has 10 nitrogen and oxygen atoms in total. The summed E-state index contributed by atoms with van der Waals surface area (Å²) in [5.41, 5.74) is 5.99. The second-order valence-corrected chi connectivity index (χ2v) is 12.3. The van der Waals surface area contributed by atoms with E-state index in [2.05, 4.69) is 59.4 Å². The van der Waals surface area contributed by atoms with Gasteiger partial charge in [-0.15, -0.1) is 0 Å². The Labute approximate surface area is 264 Å². The van der Waals surface area contributed by atoms with E-state index >= 15 is 0 Å². The molecule has 0 saturated carbocycles. The number of hydrogen-bond acceptors (Lipinski definition) is 8. The molecule has 1 aliphatic heterocycles. The molecule has 0 radical (unpaired) electrons. The maximum Gasteiger partial charge on any atom is 0.137 e. The fourth-order valence-electron chi connectivity index (χ4n) is 4.84. The lowest BCUT2D eigenvalue weighted by molar-refractivity contribution is -0.176. The third-order valence-electron chi connectivity index (χ3n) is 6.93. The second kappa shape index (κ2) is 14.1. The Morgan fingerprint density at radius 2 is 1.42 bits per heavy atom. The van der Waals surface area contributed by atoms with Gasteiger partial charge in [0, 0.05) is 79.3 Å². The molecular weight excluding hydrogens is 607 g/mol. The van der Waals surface area contributed by atoms with Crippen molar-refractivity contribution >= 4 is 56.4 Å². The molecular formula is C33H27N7O3S2. The fraction of sp³-hybridized carbons (Fsp3) is 0.0303. The maximum atomic E-state index is 12.7. The minimum Gasteiger partial charge on any atom is -0.346 e. The molecule has 1 unspecified atom stereocenters. The molecule has 6 heterocycles. The van der Waals surface area contributed by atoms with Crippen LogP contribution in [0.1, 0.15) is 5.56 Å². The number of nitrogens with zero attached hydrogens (tertiary/aromatic N) is 4. The van der Waals surface area contributed by atoms with E-state index in [1.54, 1.807) is 18.0 Å². The van der Waals surface area contributed by atoms with E-state index < -0.39 is 10.8 Å². The number of pyridine rings is 2. The van der Waals surface area contributed by atoms with E-state index in [0.29, 0.717) is 11.4 Å². The number of allylic oxidation sites excluding steroid dienone is 1. The zero-order valence-corrected chi connectivity index (χ0v) is 25.3. The minimum absolute atomic E-state index is 0.704.